The Morgan fingerprint density at radius 3 is 1.28 bits per heavy atom. The van der Waals surface area contributed by atoms with Crippen LogP contribution in [-0.2, 0) is 4.74 Å². The number of hydrogen-bond donors (Lipinski definition) is 0. The molecule has 0 spiro atoms. The number of ketones is 4. The minimum absolute atomic E-state index is 0.0965. The summed E-state index contributed by atoms with van der Waals surface area (Å²) >= 11 is 0. The zero-order valence-corrected chi connectivity index (χ0v) is 16.6. The van der Waals surface area contributed by atoms with E-state index in [0.717, 1.165) is 0 Å². The summed E-state index contributed by atoms with van der Waals surface area (Å²) in [5.41, 5.74) is 1.80. The van der Waals surface area contributed by atoms with Crippen LogP contribution in [0, 0.1) is 0 Å². The van der Waals surface area contributed by atoms with Gasteiger partial charge in [0.1, 0.15) is 0 Å². The Kier molecular flexibility index (Phi) is 3.77. The third-order valence-electron chi connectivity index (χ3n) is 6.14. The van der Waals surface area contributed by atoms with Gasteiger partial charge in [-0.25, -0.2) is 0 Å². The van der Waals surface area contributed by atoms with Crippen molar-refractivity contribution in [1.29, 1.82) is 0 Å². The lowest BCUT2D eigenvalue weighted by atomic mass is 9.70. The number of carbonyl (C=O) groups excluding carboxylic acids is 4. The van der Waals surface area contributed by atoms with E-state index in [1.165, 1.54) is 0 Å². The summed E-state index contributed by atoms with van der Waals surface area (Å²) in [6.45, 7) is 0. The molecule has 0 amide bonds. The first-order valence-corrected chi connectivity index (χ1v) is 10.2. The molecule has 1 heterocycles. The summed E-state index contributed by atoms with van der Waals surface area (Å²) in [6.07, 6.45) is 0. The van der Waals surface area contributed by atoms with Gasteiger partial charge in [0, 0.05) is 28.2 Å². The van der Waals surface area contributed by atoms with Crippen molar-refractivity contribution in [2.24, 2.45) is 0 Å². The lowest BCUT2D eigenvalue weighted by Crippen LogP contribution is -2.36. The average Bonchev–Trinajstić information content (AvgIpc) is 2.85. The maximum atomic E-state index is 13.6. The largest absolute Gasteiger partial charge is 0.448 e. The molecule has 3 aliphatic rings. The lowest BCUT2D eigenvalue weighted by molar-refractivity contribution is 0.0822. The molecule has 0 saturated carbocycles. The predicted octanol–water partition coefficient (Wildman–Crippen LogP) is 4.47. The number of fused-ring (bicyclic) bond motifs is 2. The van der Waals surface area contributed by atoms with Crippen LogP contribution < -0.4 is 0 Å². The Hall–Kier alpha value is -4.38. The fraction of sp³-hybridized carbons (Fsp3) is 0.0370. The minimum Gasteiger partial charge on any atom is -0.448 e. The number of hydrogen-bond acceptors (Lipinski definition) is 5. The molecule has 0 saturated heterocycles. The summed E-state index contributed by atoms with van der Waals surface area (Å²) in [7, 11) is 0. The van der Waals surface area contributed by atoms with Crippen LogP contribution in [0.4, 0.5) is 0 Å². The van der Waals surface area contributed by atoms with Crippen molar-refractivity contribution < 1.29 is 23.9 Å². The average molecular weight is 418 g/mol. The van der Waals surface area contributed by atoms with Crippen molar-refractivity contribution in [3.05, 3.63) is 129 Å². The van der Waals surface area contributed by atoms with E-state index in [0.29, 0.717) is 5.56 Å². The number of ether oxygens (including phenoxy) is 1. The topological polar surface area (TPSA) is 77.5 Å². The second-order valence-corrected chi connectivity index (χ2v) is 7.84. The van der Waals surface area contributed by atoms with Crippen LogP contribution >= 0.6 is 0 Å². The second-order valence-electron chi connectivity index (χ2n) is 7.84. The number of Topliss-reactive ketones (excluding diaryl/α,β-unsaturated/α-hetero) is 4. The van der Waals surface area contributed by atoms with Crippen molar-refractivity contribution in [3.63, 3.8) is 0 Å². The third-order valence-corrected chi connectivity index (χ3v) is 6.14. The van der Waals surface area contributed by atoms with Crippen LogP contribution in [0.5, 0.6) is 0 Å². The van der Waals surface area contributed by atoms with E-state index in [4.69, 9.17) is 4.74 Å². The van der Waals surface area contributed by atoms with E-state index in [1.54, 1.807) is 72.8 Å². The molecule has 5 nitrogen and oxygen atoms in total. The molecular formula is C27H14O5. The number of allylic oxidation sites excluding steroid dienone is 4. The zero-order chi connectivity index (χ0) is 22.0. The smallest absolute Gasteiger partial charge is 0.229 e. The van der Waals surface area contributed by atoms with E-state index in [1.807, 2.05) is 6.07 Å². The maximum absolute atomic E-state index is 13.6. The molecule has 1 aliphatic heterocycles. The normalized spacial score (nSPS) is 17.5. The number of rotatable bonds is 1. The standard InChI is InChI=1S/C27H14O5/c28-22-15-10-4-6-12-17(15)24(30)26-20(22)19(14-8-2-1-3-9-14)21-23(29)16-11-5-7-13-18(16)25(31)27(21)32-26/h1-13,19H. The third kappa shape index (κ3) is 2.33. The van der Waals surface area contributed by atoms with Gasteiger partial charge < -0.3 is 4.74 Å². The molecule has 152 valence electrons. The second kappa shape index (κ2) is 6.56. The van der Waals surface area contributed by atoms with Crippen LogP contribution in [0.2, 0.25) is 0 Å². The summed E-state index contributed by atoms with van der Waals surface area (Å²) in [4.78, 5) is 53.8. The fourth-order valence-electron chi connectivity index (χ4n) is 4.70. The van der Waals surface area contributed by atoms with E-state index < -0.39 is 17.5 Å². The molecule has 0 unspecified atom stereocenters. The van der Waals surface area contributed by atoms with Crippen LogP contribution in [-0.4, -0.2) is 23.1 Å². The molecule has 0 radical (unpaired) electrons. The van der Waals surface area contributed by atoms with E-state index >= 15 is 0 Å². The van der Waals surface area contributed by atoms with Gasteiger partial charge in [-0.3, -0.25) is 19.2 Å². The Bertz CT molecular complexity index is 1360. The molecule has 32 heavy (non-hydrogen) atoms. The predicted molar refractivity (Wildman–Crippen MR) is 115 cm³/mol. The molecule has 0 fully saturated rings. The quantitative estimate of drug-likeness (QED) is 0.583. The van der Waals surface area contributed by atoms with Gasteiger partial charge in [-0.05, 0) is 5.56 Å². The molecule has 0 aromatic heterocycles. The molecule has 2 aliphatic carbocycles. The van der Waals surface area contributed by atoms with Gasteiger partial charge in [0.2, 0.25) is 11.6 Å². The molecule has 3 aromatic rings. The van der Waals surface area contributed by atoms with Crippen LogP contribution in [0.25, 0.3) is 0 Å². The Labute approximate surface area is 182 Å². The summed E-state index contributed by atoms with van der Waals surface area (Å²) in [6, 6.07) is 22.0. The van der Waals surface area contributed by atoms with Crippen LogP contribution in [0.15, 0.2) is 102 Å². The van der Waals surface area contributed by atoms with Crippen LogP contribution in [0.3, 0.4) is 0 Å². The molecule has 0 bridgehead atoms. The number of carbonyl (C=O) groups is 4. The maximum Gasteiger partial charge on any atom is 0.229 e. The van der Waals surface area contributed by atoms with Gasteiger partial charge in [-0.15, -0.1) is 0 Å². The lowest BCUT2D eigenvalue weighted by Gasteiger charge is -2.35. The highest BCUT2D eigenvalue weighted by molar-refractivity contribution is 6.32. The minimum atomic E-state index is -0.885. The monoisotopic (exact) mass is 418 g/mol. The highest BCUT2D eigenvalue weighted by Crippen LogP contribution is 2.48. The molecular weight excluding hydrogens is 404 g/mol. The summed E-state index contributed by atoms with van der Waals surface area (Å²) < 4.78 is 5.84. The molecule has 6 rings (SSSR count). The van der Waals surface area contributed by atoms with Crippen molar-refractivity contribution in [2.75, 3.05) is 0 Å². The Morgan fingerprint density at radius 1 is 0.469 bits per heavy atom. The van der Waals surface area contributed by atoms with Crippen molar-refractivity contribution in [2.45, 2.75) is 5.92 Å². The molecule has 3 aromatic carbocycles. The highest BCUT2D eigenvalue weighted by Gasteiger charge is 2.49. The van der Waals surface area contributed by atoms with Crippen molar-refractivity contribution in [1.82, 2.24) is 0 Å². The molecule has 5 heteroatoms. The summed E-state index contributed by atoms with van der Waals surface area (Å²) in [5, 5.41) is 0. The van der Waals surface area contributed by atoms with Gasteiger partial charge in [-0.1, -0.05) is 78.9 Å². The Balaban J connectivity index is 1.65. The van der Waals surface area contributed by atoms with Gasteiger partial charge in [0.15, 0.2) is 23.1 Å². The first kappa shape index (κ1) is 18.4. The van der Waals surface area contributed by atoms with E-state index in [9.17, 15) is 19.2 Å². The fourth-order valence-corrected chi connectivity index (χ4v) is 4.70. The van der Waals surface area contributed by atoms with Crippen molar-refractivity contribution >= 4 is 23.1 Å². The van der Waals surface area contributed by atoms with Crippen molar-refractivity contribution in [3.8, 4) is 0 Å². The van der Waals surface area contributed by atoms with Gasteiger partial charge >= 0.3 is 0 Å². The van der Waals surface area contributed by atoms with Crippen LogP contribution in [0.1, 0.15) is 52.9 Å². The Morgan fingerprint density at radius 2 is 0.844 bits per heavy atom. The number of benzene rings is 3. The van der Waals surface area contributed by atoms with Gasteiger partial charge in [-0.2, -0.15) is 0 Å². The molecule has 0 N–H and O–H groups in total. The van der Waals surface area contributed by atoms with E-state index in [-0.39, 0.29) is 56.5 Å². The zero-order valence-electron chi connectivity index (χ0n) is 16.6. The highest BCUT2D eigenvalue weighted by atomic mass is 16.5. The SMILES string of the molecule is O=C1C2=C(C(=O)c3ccccc31)C(c1ccccc1)C1=C(O2)C(=O)c2ccccc2C1=O. The first-order chi connectivity index (χ1) is 15.6. The molecule has 0 atom stereocenters. The first-order valence-electron chi connectivity index (χ1n) is 10.2. The van der Waals surface area contributed by atoms with E-state index in [2.05, 4.69) is 0 Å². The summed E-state index contributed by atoms with van der Waals surface area (Å²) in [5.74, 6) is -2.94. The van der Waals surface area contributed by atoms with Gasteiger partial charge in [0.25, 0.3) is 0 Å². The van der Waals surface area contributed by atoms with Gasteiger partial charge in [0.05, 0.1) is 11.1 Å².